The van der Waals surface area contributed by atoms with E-state index in [0.29, 0.717) is 6.42 Å². The van der Waals surface area contributed by atoms with E-state index in [1.165, 1.54) is 70.6 Å². The van der Waals surface area contributed by atoms with Crippen molar-refractivity contribution in [2.24, 2.45) is 5.73 Å². The molecule has 172 valence electrons. The molecule has 0 fully saturated rings. The zero-order valence-corrected chi connectivity index (χ0v) is 19.1. The minimum Gasteiger partial charge on any atom is -0.481 e. The molecular weight excluding hydrogens is 364 g/mol. The number of carbonyl (C=O) groups excluding carboxylic acids is 1. The molecule has 0 aliphatic heterocycles. The zero-order valence-electron chi connectivity index (χ0n) is 19.1. The number of unbranched alkanes of at least 4 members (excludes halogenated alkanes) is 15. The number of nitrogens with one attached hydrogen (secondary N) is 1. The Hall–Kier alpha value is -1.10. The van der Waals surface area contributed by atoms with E-state index in [9.17, 15) is 9.59 Å². The van der Waals surface area contributed by atoms with Gasteiger partial charge in [0.25, 0.3) is 0 Å². The lowest BCUT2D eigenvalue weighted by Gasteiger charge is -2.12. The first kappa shape index (κ1) is 27.9. The van der Waals surface area contributed by atoms with E-state index in [2.05, 4.69) is 12.2 Å². The third-order valence-corrected chi connectivity index (χ3v) is 5.57. The van der Waals surface area contributed by atoms with Gasteiger partial charge >= 0.3 is 5.97 Å². The van der Waals surface area contributed by atoms with Crippen LogP contribution in [0.25, 0.3) is 0 Å². The lowest BCUT2D eigenvalue weighted by atomic mass is 10.0. The first-order chi connectivity index (χ1) is 14.1. The van der Waals surface area contributed by atoms with E-state index in [4.69, 9.17) is 10.8 Å². The van der Waals surface area contributed by atoms with Crippen LogP contribution < -0.4 is 11.1 Å². The summed E-state index contributed by atoms with van der Waals surface area (Å²) in [6.45, 7) is 2.98. The van der Waals surface area contributed by atoms with E-state index >= 15 is 0 Å². The predicted octanol–water partition coefficient (Wildman–Crippen LogP) is 5.95. The van der Waals surface area contributed by atoms with Gasteiger partial charge in [0, 0.05) is 13.0 Å². The molecule has 5 nitrogen and oxygen atoms in total. The maximum Gasteiger partial charge on any atom is 0.303 e. The maximum atomic E-state index is 12.0. The number of aliphatic carboxylic acids is 1. The Labute approximate surface area is 179 Å². The van der Waals surface area contributed by atoms with Crippen molar-refractivity contribution in [3.8, 4) is 0 Å². The van der Waals surface area contributed by atoms with Gasteiger partial charge in [-0.05, 0) is 19.3 Å². The molecule has 0 spiro atoms. The SMILES string of the molecule is CCCCCCCCCCC(N)C(=O)NCCCCCCCCCCCC(=O)O. The first-order valence-electron chi connectivity index (χ1n) is 12.3. The number of nitrogens with two attached hydrogens (primary N) is 1. The van der Waals surface area contributed by atoms with Crippen LogP contribution in [-0.4, -0.2) is 29.6 Å². The zero-order chi connectivity index (χ0) is 21.6. The molecule has 0 saturated heterocycles. The van der Waals surface area contributed by atoms with E-state index < -0.39 is 5.97 Å². The molecule has 4 N–H and O–H groups in total. The van der Waals surface area contributed by atoms with Crippen molar-refractivity contribution in [1.29, 1.82) is 0 Å². The first-order valence-corrected chi connectivity index (χ1v) is 12.3. The summed E-state index contributed by atoms with van der Waals surface area (Å²) >= 11 is 0. The standard InChI is InChI=1S/C24H48N2O3/c1-2-3-4-5-6-10-13-16-19-22(25)24(29)26-21-18-15-12-9-7-8-11-14-17-20-23(27)28/h22H,2-21,25H2,1H3,(H,26,29)(H,27,28). The molecule has 1 amide bonds. The van der Waals surface area contributed by atoms with Crippen LogP contribution in [0.5, 0.6) is 0 Å². The second-order valence-corrected chi connectivity index (χ2v) is 8.49. The van der Waals surface area contributed by atoms with Gasteiger partial charge in [0.1, 0.15) is 0 Å². The van der Waals surface area contributed by atoms with Gasteiger partial charge in [-0.3, -0.25) is 9.59 Å². The molecule has 5 heteroatoms. The van der Waals surface area contributed by atoms with E-state index in [1.807, 2.05) is 0 Å². The summed E-state index contributed by atoms with van der Waals surface area (Å²) in [5, 5.41) is 11.6. The fourth-order valence-corrected chi connectivity index (χ4v) is 3.61. The number of rotatable bonds is 22. The van der Waals surface area contributed by atoms with Gasteiger partial charge in [-0.15, -0.1) is 0 Å². The number of carboxylic acids is 1. The van der Waals surface area contributed by atoms with Gasteiger partial charge in [-0.2, -0.15) is 0 Å². The monoisotopic (exact) mass is 412 g/mol. The van der Waals surface area contributed by atoms with Gasteiger partial charge in [-0.1, -0.05) is 103 Å². The molecule has 0 aromatic rings. The lowest BCUT2D eigenvalue weighted by Crippen LogP contribution is -2.40. The molecule has 0 aliphatic rings. The summed E-state index contributed by atoms with van der Waals surface area (Å²) in [6.07, 6.45) is 21.2. The highest BCUT2D eigenvalue weighted by atomic mass is 16.4. The van der Waals surface area contributed by atoms with Crippen LogP contribution in [-0.2, 0) is 9.59 Å². The molecule has 1 unspecified atom stereocenters. The van der Waals surface area contributed by atoms with Crippen molar-refractivity contribution in [2.45, 2.75) is 135 Å². The number of hydrogen-bond donors (Lipinski definition) is 3. The molecule has 0 rings (SSSR count). The molecular formula is C24H48N2O3. The molecule has 0 bridgehead atoms. The normalized spacial score (nSPS) is 12.1. The Morgan fingerprint density at radius 2 is 1.17 bits per heavy atom. The van der Waals surface area contributed by atoms with Gasteiger partial charge in [0.2, 0.25) is 5.91 Å². The van der Waals surface area contributed by atoms with Crippen molar-refractivity contribution in [3.63, 3.8) is 0 Å². The van der Waals surface area contributed by atoms with Crippen molar-refractivity contribution in [3.05, 3.63) is 0 Å². The molecule has 0 aromatic carbocycles. The predicted molar refractivity (Wildman–Crippen MR) is 122 cm³/mol. The molecule has 1 atom stereocenters. The number of carbonyl (C=O) groups is 2. The third-order valence-electron chi connectivity index (χ3n) is 5.57. The fourth-order valence-electron chi connectivity index (χ4n) is 3.61. The second-order valence-electron chi connectivity index (χ2n) is 8.49. The summed E-state index contributed by atoms with van der Waals surface area (Å²) in [6, 6.07) is -0.351. The molecule has 0 aromatic heterocycles. The number of carboxylic acid groups (broad SMARTS) is 1. The van der Waals surface area contributed by atoms with E-state index in [0.717, 1.165) is 51.5 Å². The van der Waals surface area contributed by atoms with Crippen molar-refractivity contribution >= 4 is 11.9 Å². The minimum atomic E-state index is -0.689. The fraction of sp³-hybridized carbons (Fsp3) is 0.917. The van der Waals surface area contributed by atoms with Crippen LogP contribution in [0.1, 0.15) is 129 Å². The minimum absolute atomic E-state index is 0.00862. The maximum absolute atomic E-state index is 12.0. The Balaban J connectivity index is 3.32. The summed E-state index contributed by atoms with van der Waals surface area (Å²) in [7, 11) is 0. The highest BCUT2D eigenvalue weighted by Gasteiger charge is 2.11. The Bertz CT molecular complexity index is 388. The van der Waals surface area contributed by atoms with Crippen LogP contribution in [0.15, 0.2) is 0 Å². The third kappa shape index (κ3) is 21.4. The summed E-state index contributed by atoms with van der Waals surface area (Å²) in [4.78, 5) is 22.4. The van der Waals surface area contributed by atoms with Crippen LogP contribution in [0, 0.1) is 0 Å². The van der Waals surface area contributed by atoms with Crippen LogP contribution in [0.4, 0.5) is 0 Å². The van der Waals surface area contributed by atoms with Gasteiger partial charge in [0.15, 0.2) is 0 Å². The molecule has 29 heavy (non-hydrogen) atoms. The molecule has 0 aliphatic carbocycles. The summed E-state index contributed by atoms with van der Waals surface area (Å²) in [5.41, 5.74) is 6.00. The highest BCUT2D eigenvalue weighted by molar-refractivity contribution is 5.81. The lowest BCUT2D eigenvalue weighted by molar-refractivity contribution is -0.137. The average molecular weight is 413 g/mol. The molecule has 0 saturated carbocycles. The summed E-state index contributed by atoms with van der Waals surface area (Å²) in [5.74, 6) is -0.680. The number of amides is 1. The van der Waals surface area contributed by atoms with Gasteiger partial charge < -0.3 is 16.2 Å². The van der Waals surface area contributed by atoms with Gasteiger partial charge in [0.05, 0.1) is 6.04 Å². The molecule has 0 radical (unpaired) electrons. The van der Waals surface area contributed by atoms with Crippen LogP contribution >= 0.6 is 0 Å². The molecule has 0 heterocycles. The van der Waals surface area contributed by atoms with Crippen molar-refractivity contribution in [2.75, 3.05) is 6.54 Å². The Morgan fingerprint density at radius 3 is 1.69 bits per heavy atom. The number of hydrogen-bond acceptors (Lipinski definition) is 3. The van der Waals surface area contributed by atoms with Gasteiger partial charge in [-0.25, -0.2) is 0 Å². The average Bonchev–Trinajstić information content (AvgIpc) is 2.70. The van der Waals surface area contributed by atoms with Crippen LogP contribution in [0.3, 0.4) is 0 Å². The van der Waals surface area contributed by atoms with Crippen molar-refractivity contribution in [1.82, 2.24) is 5.32 Å². The van der Waals surface area contributed by atoms with Crippen molar-refractivity contribution < 1.29 is 14.7 Å². The Morgan fingerprint density at radius 1 is 0.724 bits per heavy atom. The quantitative estimate of drug-likeness (QED) is 0.192. The smallest absolute Gasteiger partial charge is 0.303 e. The Kier molecular flexibility index (Phi) is 20.8. The van der Waals surface area contributed by atoms with E-state index in [-0.39, 0.29) is 11.9 Å². The van der Waals surface area contributed by atoms with Crippen LogP contribution in [0.2, 0.25) is 0 Å². The highest BCUT2D eigenvalue weighted by Crippen LogP contribution is 2.11. The largest absolute Gasteiger partial charge is 0.481 e. The van der Waals surface area contributed by atoms with E-state index in [1.54, 1.807) is 0 Å². The topological polar surface area (TPSA) is 92.4 Å². The second kappa shape index (κ2) is 21.6. The summed E-state index contributed by atoms with van der Waals surface area (Å²) < 4.78 is 0.